The van der Waals surface area contributed by atoms with Crippen molar-refractivity contribution in [1.82, 2.24) is 6.15 Å². The minimum Gasteiger partial charge on any atom is -1.00 e. The molecule has 0 rings (SSSR count). The van der Waals surface area contributed by atoms with E-state index >= 15 is 0 Å². The molecule has 0 bridgehead atoms. The van der Waals surface area contributed by atoms with Gasteiger partial charge in [0.25, 0.3) is 0 Å². The minimum absolute atomic E-state index is 0. The molecule has 1 nitrogen and oxygen atoms in total. The summed E-state index contributed by atoms with van der Waals surface area (Å²) in [7, 11) is 0. The van der Waals surface area contributed by atoms with Gasteiger partial charge in [0.2, 0.25) is 0 Å². The van der Waals surface area contributed by atoms with Crippen LogP contribution in [0.4, 0.5) is 0 Å². The number of rotatable bonds is 0. The molecule has 0 saturated carbocycles. The summed E-state index contributed by atoms with van der Waals surface area (Å²) in [6.45, 7) is 0. The standard InChI is InChI=1S/Cd.3ClH.H3N/h;3*1H;1H3/q+2;;;;/p-2. The van der Waals surface area contributed by atoms with E-state index < -0.39 is 0 Å². The van der Waals surface area contributed by atoms with Crippen LogP contribution in [0.15, 0.2) is 0 Å². The average molecular weight is 237 g/mol. The van der Waals surface area contributed by atoms with Gasteiger partial charge >= 0.3 is 27.3 Å². The fraction of sp³-hybridized carbons (Fsp3) is 0. The maximum Gasteiger partial charge on any atom is 2.00 e. The summed E-state index contributed by atoms with van der Waals surface area (Å²) in [5, 5.41) is 0. The van der Waals surface area contributed by atoms with Crippen molar-refractivity contribution in [3.05, 3.63) is 0 Å². The Kier molecular flexibility index (Phi) is 616. The van der Waals surface area contributed by atoms with Gasteiger partial charge in [-0.1, -0.05) is 0 Å². The molecule has 0 saturated heterocycles. The zero-order valence-electron chi connectivity index (χ0n) is 2.84. The summed E-state index contributed by atoms with van der Waals surface area (Å²) >= 11 is 0. The third-order valence-corrected chi connectivity index (χ3v) is 0. The van der Waals surface area contributed by atoms with E-state index in [2.05, 4.69) is 0 Å². The van der Waals surface area contributed by atoms with Crippen molar-refractivity contribution in [3.8, 4) is 0 Å². The van der Waals surface area contributed by atoms with E-state index in [0.717, 1.165) is 0 Å². The average Bonchev–Trinajstić information content (AvgIpc) is 0. The van der Waals surface area contributed by atoms with Crippen molar-refractivity contribution < 1.29 is 64.5 Å². The third-order valence-electron chi connectivity index (χ3n) is 0. The van der Waals surface area contributed by atoms with Crippen molar-refractivity contribution in [2.24, 2.45) is 0 Å². The SMILES string of the molecule is [Cd+2].[Cl-].[Cl-].[Cl-].[NH4+]. The Morgan fingerprint density at radius 3 is 0.600 bits per heavy atom. The molecule has 5 heavy (non-hydrogen) atoms. The second kappa shape index (κ2) is 42.3. The summed E-state index contributed by atoms with van der Waals surface area (Å²) in [5.74, 6) is 0. The molecule has 0 atom stereocenters. The Labute approximate surface area is 70.2 Å². The molecule has 0 heterocycles. The molecule has 0 aromatic rings. The van der Waals surface area contributed by atoms with Crippen LogP contribution in [-0.2, 0) is 27.3 Å². The largest absolute Gasteiger partial charge is 2.00 e. The number of halogens is 3. The number of hydrogen-bond acceptors (Lipinski definition) is 0. The number of hydrogen-bond donors (Lipinski definition) is 1. The van der Waals surface area contributed by atoms with Crippen LogP contribution in [0.1, 0.15) is 0 Å². The van der Waals surface area contributed by atoms with Gasteiger partial charge in [-0.3, -0.25) is 0 Å². The summed E-state index contributed by atoms with van der Waals surface area (Å²) < 4.78 is 0. The molecule has 4 N–H and O–H groups in total. The van der Waals surface area contributed by atoms with Gasteiger partial charge in [-0.15, -0.1) is 0 Å². The first-order valence-electron chi connectivity index (χ1n) is 0. The molecule has 0 aliphatic rings. The van der Waals surface area contributed by atoms with E-state index in [1.54, 1.807) is 0 Å². The van der Waals surface area contributed by atoms with Gasteiger partial charge < -0.3 is 43.4 Å². The van der Waals surface area contributed by atoms with Gasteiger partial charge in [-0.2, -0.15) is 0 Å². The van der Waals surface area contributed by atoms with Crippen molar-refractivity contribution in [1.29, 1.82) is 0 Å². The van der Waals surface area contributed by atoms with Crippen LogP contribution in [0.25, 0.3) is 0 Å². The molecule has 0 radical (unpaired) electrons. The fourth-order valence-electron chi connectivity index (χ4n) is 0. The van der Waals surface area contributed by atoms with Crippen LogP contribution in [0.5, 0.6) is 0 Å². The quantitative estimate of drug-likeness (QED) is 0.406. The van der Waals surface area contributed by atoms with E-state index in [4.69, 9.17) is 0 Å². The fourth-order valence-corrected chi connectivity index (χ4v) is 0. The van der Waals surface area contributed by atoms with Crippen LogP contribution in [0, 0.1) is 0 Å². The molecule has 0 unspecified atom stereocenters. The predicted molar refractivity (Wildman–Crippen MR) is 5.98 cm³/mol. The molecule has 0 aliphatic carbocycles. The van der Waals surface area contributed by atoms with Gasteiger partial charge in [0.05, 0.1) is 0 Å². The Balaban J connectivity index is 0. The topological polar surface area (TPSA) is 36.5 Å². The van der Waals surface area contributed by atoms with Crippen LogP contribution < -0.4 is 43.4 Å². The first kappa shape index (κ1) is 72.8. The molecule has 0 spiro atoms. The zero-order chi connectivity index (χ0) is 0. The maximum atomic E-state index is 0. The molecule has 32 valence electrons. The van der Waals surface area contributed by atoms with Crippen molar-refractivity contribution in [2.45, 2.75) is 0 Å². The molecular formula is H4CdCl3N. The molecule has 0 aromatic heterocycles. The molecular weight excluding hydrogens is 233 g/mol. The Morgan fingerprint density at radius 1 is 0.600 bits per heavy atom. The van der Waals surface area contributed by atoms with E-state index in [-0.39, 0.29) is 70.7 Å². The summed E-state index contributed by atoms with van der Waals surface area (Å²) in [4.78, 5) is 0. The molecule has 0 aliphatic heterocycles. The van der Waals surface area contributed by atoms with Crippen molar-refractivity contribution in [2.75, 3.05) is 0 Å². The Hall–Kier alpha value is 1.75. The summed E-state index contributed by atoms with van der Waals surface area (Å²) in [6, 6.07) is 0. The Morgan fingerprint density at radius 2 is 0.600 bits per heavy atom. The van der Waals surface area contributed by atoms with Crippen molar-refractivity contribution >= 4 is 0 Å². The van der Waals surface area contributed by atoms with E-state index in [9.17, 15) is 0 Å². The maximum absolute atomic E-state index is 0. The third kappa shape index (κ3) is 26.4. The monoisotopic (exact) mass is 237 g/mol. The van der Waals surface area contributed by atoms with E-state index in [1.165, 1.54) is 0 Å². The smallest absolute Gasteiger partial charge is 1.00 e. The molecule has 0 fully saturated rings. The minimum atomic E-state index is 0. The van der Waals surface area contributed by atoms with Crippen LogP contribution >= 0.6 is 0 Å². The Bertz CT molecular complexity index is 6.85. The van der Waals surface area contributed by atoms with Crippen molar-refractivity contribution in [3.63, 3.8) is 0 Å². The van der Waals surface area contributed by atoms with Gasteiger partial charge in [0, 0.05) is 0 Å². The van der Waals surface area contributed by atoms with Crippen LogP contribution in [0.3, 0.4) is 0 Å². The van der Waals surface area contributed by atoms with Gasteiger partial charge in [-0.05, 0) is 0 Å². The summed E-state index contributed by atoms with van der Waals surface area (Å²) in [5.41, 5.74) is 0. The predicted octanol–water partition coefficient (Wildman–Crippen LogP) is -8.61. The van der Waals surface area contributed by atoms with Crippen LogP contribution in [0.2, 0.25) is 0 Å². The van der Waals surface area contributed by atoms with E-state index in [0.29, 0.717) is 0 Å². The summed E-state index contributed by atoms with van der Waals surface area (Å²) in [6.07, 6.45) is 0. The van der Waals surface area contributed by atoms with Gasteiger partial charge in [-0.25, -0.2) is 0 Å². The number of quaternary nitrogens is 1. The van der Waals surface area contributed by atoms with Crippen LogP contribution in [-0.4, -0.2) is 0 Å². The first-order valence-corrected chi connectivity index (χ1v) is 0. The van der Waals surface area contributed by atoms with E-state index in [1.807, 2.05) is 0 Å². The second-order valence-electron chi connectivity index (χ2n) is 0. The molecule has 0 amide bonds. The second-order valence-corrected chi connectivity index (χ2v) is 0. The van der Waals surface area contributed by atoms with Gasteiger partial charge in [0.15, 0.2) is 0 Å². The molecule has 0 aromatic carbocycles. The van der Waals surface area contributed by atoms with Gasteiger partial charge in [0.1, 0.15) is 0 Å². The molecule has 5 heteroatoms. The zero-order valence-corrected chi connectivity index (χ0v) is 9.15. The normalized spacial score (nSPS) is 0. The first-order chi connectivity index (χ1) is 0.